The maximum Gasteiger partial charge on any atom is 0.233 e. The van der Waals surface area contributed by atoms with Crippen LogP contribution in [0.3, 0.4) is 0 Å². The highest BCUT2D eigenvalue weighted by Crippen LogP contribution is 2.31. The second-order valence-corrected chi connectivity index (χ2v) is 7.28. The molecule has 0 atom stereocenters. The van der Waals surface area contributed by atoms with Crippen molar-refractivity contribution in [2.45, 2.75) is 117 Å². The molecule has 4 heteroatoms. The Kier molecular flexibility index (Phi) is 9.79. The first-order valence-electron chi connectivity index (χ1n) is 8.89. The molecule has 0 bridgehead atoms. The number of hydrogen-bond acceptors (Lipinski definition) is 4. The monoisotopic (exact) mass is 318 g/mol. The van der Waals surface area contributed by atoms with E-state index in [1.165, 1.54) is 0 Å². The largest absolute Gasteiger partial charge is 0.233 e. The summed E-state index contributed by atoms with van der Waals surface area (Å²) in [6, 6.07) is 0. The fourth-order valence-corrected chi connectivity index (χ4v) is 1.53. The van der Waals surface area contributed by atoms with Crippen LogP contribution in [0.2, 0.25) is 0 Å². The summed E-state index contributed by atoms with van der Waals surface area (Å²) in [7, 11) is 0. The number of unbranched alkanes of at least 4 members (excludes halogenated alkanes) is 2. The molecule has 0 aromatic rings. The maximum atomic E-state index is 5.77. The van der Waals surface area contributed by atoms with E-state index in [1.54, 1.807) is 0 Å². The Bertz CT molecular complexity index is 267. The molecule has 0 aliphatic heterocycles. The van der Waals surface area contributed by atoms with Gasteiger partial charge in [-0.05, 0) is 47.0 Å². The van der Waals surface area contributed by atoms with Gasteiger partial charge in [0.25, 0.3) is 0 Å². The van der Waals surface area contributed by atoms with E-state index in [0.29, 0.717) is 6.42 Å². The lowest BCUT2D eigenvalue weighted by Crippen LogP contribution is -2.41. The van der Waals surface area contributed by atoms with Crippen LogP contribution in [0.4, 0.5) is 0 Å². The van der Waals surface area contributed by atoms with Crippen LogP contribution in [0, 0.1) is 0 Å². The predicted molar refractivity (Wildman–Crippen MR) is 90.2 cm³/mol. The Morgan fingerprint density at radius 1 is 0.591 bits per heavy atom. The zero-order chi connectivity index (χ0) is 17.3. The van der Waals surface area contributed by atoms with Crippen molar-refractivity contribution in [3.8, 4) is 0 Å². The van der Waals surface area contributed by atoms with Crippen LogP contribution in [0.1, 0.15) is 100 Å². The van der Waals surface area contributed by atoms with Gasteiger partial charge in [-0.15, -0.1) is 0 Å². The molecule has 0 N–H and O–H groups in total. The van der Waals surface area contributed by atoms with Crippen LogP contribution in [0.5, 0.6) is 0 Å². The summed E-state index contributed by atoms with van der Waals surface area (Å²) in [6.07, 6.45) is 6.49. The van der Waals surface area contributed by atoms with Crippen LogP contribution in [-0.2, 0) is 19.6 Å². The van der Waals surface area contributed by atoms with E-state index in [4.69, 9.17) is 19.6 Å². The van der Waals surface area contributed by atoms with Crippen molar-refractivity contribution in [3.63, 3.8) is 0 Å². The summed E-state index contributed by atoms with van der Waals surface area (Å²) in [5.74, 6) is -0.839. The summed E-state index contributed by atoms with van der Waals surface area (Å²) in [6.45, 7) is 16.4. The van der Waals surface area contributed by atoms with E-state index < -0.39 is 5.79 Å². The number of rotatable bonds is 13. The van der Waals surface area contributed by atoms with Crippen LogP contribution in [0.25, 0.3) is 0 Å². The van der Waals surface area contributed by atoms with Gasteiger partial charge >= 0.3 is 0 Å². The first-order chi connectivity index (χ1) is 10.2. The highest BCUT2D eigenvalue weighted by molar-refractivity contribution is 4.69. The molecule has 0 unspecified atom stereocenters. The predicted octanol–water partition coefficient (Wildman–Crippen LogP) is 5.95. The Hall–Kier alpha value is -0.160. The van der Waals surface area contributed by atoms with E-state index >= 15 is 0 Å². The molecule has 0 aliphatic carbocycles. The molecule has 0 saturated carbocycles. The van der Waals surface area contributed by atoms with Gasteiger partial charge in [-0.2, -0.15) is 9.78 Å². The summed E-state index contributed by atoms with van der Waals surface area (Å²) < 4.78 is 0. The van der Waals surface area contributed by atoms with Crippen LogP contribution < -0.4 is 0 Å². The van der Waals surface area contributed by atoms with Crippen molar-refractivity contribution in [3.05, 3.63) is 0 Å². The molecule has 0 aliphatic rings. The van der Waals surface area contributed by atoms with Crippen molar-refractivity contribution in [2.24, 2.45) is 0 Å². The third-order valence-corrected chi connectivity index (χ3v) is 4.24. The van der Waals surface area contributed by atoms with Gasteiger partial charge in [0.1, 0.15) is 0 Å². The molecular formula is C18H38O4. The minimum absolute atomic E-state index is 0.338. The van der Waals surface area contributed by atoms with Crippen molar-refractivity contribution in [2.75, 3.05) is 0 Å². The van der Waals surface area contributed by atoms with Crippen LogP contribution in [-0.4, -0.2) is 17.0 Å². The summed E-state index contributed by atoms with van der Waals surface area (Å²) in [4.78, 5) is 22.9. The number of hydrogen-bond donors (Lipinski definition) is 0. The fraction of sp³-hybridized carbons (Fsp3) is 1.00. The molecule has 0 radical (unpaired) electrons. The lowest BCUT2D eigenvalue weighted by Gasteiger charge is -2.36. The summed E-state index contributed by atoms with van der Waals surface area (Å²) in [5, 5.41) is 0. The SMILES string of the molecule is CCCCCC(CC)(OOC(C)(C)CC)OOC(C)(C)CC. The van der Waals surface area contributed by atoms with Crippen LogP contribution >= 0.6 is 0 Å². The molecule has 0 saturated heterocycles. The molecule has 0 aromatic heterocycles. The third kappa shape index (κ3) is 8.47. The van der Waals surface area contributed by atoms with Crippen molar-refractivity contribution < 1.29 is 19.6 Å². The maximum absolute atomic E-state index is 5.77. The molecule has 0 aromatic carbocycles. The molecule has 0 amide bonds. The van der Waals surface area contributed by atoms with Gasteiger partial charge in [-0.25, -0.2) is 9.78 Å². The third-order valence-electron chi connectivity index (χ3n) is 4.24. The molecular weight excluding hydrogens is 280 g/mol. The Morgan fingerprint density at radius 3 is 1.36 bits per heavy atom. The quantitative estimate of drug-likeness (QED) is 0.182. The average Bonchev–Trinajstić information content (AvgIpc) is 2.50. The topological polar surface area (TPSA) is 36.9 Å². The lowest BCUT2D eigenvalue weighted by molar-refractivity contribution is -0.545. The van der Waals surface area contributed by atoms with Gasteiger partial charge in [-0.1, -0.05) is 40.5 Å². The second-order valence-electron chi connectivity index (χ2n) is 7.28. The van der Waals surface area contributed by atoms with Crippen molar-refractivity contribution in [1.29, 1.82) is 0 Å². The van der Waals surface area contributed by atoms with Gasteiger partial charge in [0.2, 0.25) is 5.79 Å². The highest BCUT2D eigenvalue weighted by atomic mass is 17.3. The first-order valence-corrected chi connectivity index (χ1v) is 8.89. The van der Waals surface area contributed by atoms with Gasteiger partial charge in [0.15, 0.2) is 0 Å². The molecule has 0 spiro atoms. The van der Waals surface area contributed by atoms with Gasteiger partial charge < -0.3 is 0 Å². The Morgan fingerprint density at radius 2 is 1.05 bits per heavy atom. The summed E-state index contributed by atoms with van der Waals surface area (Å²) >= 11 is 0. The lowest BCUT2D eigenvalue weighted by atomic mass is 10.1. The normalized spacial score (nSPS) is 13.6. The van der Waals surface area contributed by atoms with E-state index in [2.05, 4.69) is 20.8 Å². The zero-order valence-electron chi connectivity index (χ0n) is 16.1. The molecule has 0 fully saturated rings. The fourth-order valence-electron chi connectivity index (χ4n) is 1.53. The average molecular weight is 318 g/mol. The van der Waals surface area contributed by atoms with E-state index in [-0.39, 0.29) is 11.2 Å². The van der Waals surface area contributed by atoms with E-state index in [1.807, 2.05) is 34.6 Å². The Labute approximate surface area is 137 Å². The Balaban J connectivity index is 4.84. The highest BCUT2D eigenvalue weighted by Gasteiger charge is 2.37. The second kappa shape index (κ2) is 9.86. The summed E-state index contributed by atoms with van der Waals surface area (Å²) in [5.41, 5.74) is -0.677. The minimum Gasteiger partial charge on any atom is -0.228 e. The van der Waals surface area contributed by atoms with E-state index in [9.17, 15) is 0 Å². The smallest absolute Gasteiger partial charge is 0.228 e. The van der Waals surface area contributed by atoms with Crippen LogP contribution in [0.15, 0.2) is 0 Å². The van der Waals surface area contributed by atoms with Gasteiger partial charge in [0, 0.05) is 12.8 Å². The first kappa shape index (κ1) is 21.8. The van der Waals surface area contributed by atoms with Gasteiger partial charge in [-0.3, -0.25) is 0 Å². The standard InChI is InChI=1S/C18H38O4/c1-9-13-14-15-18(12-4,21-19-16(5,6)10-2)22-20-17(7,8)11-3/h9-15H2,1-8H3. The minimum atomic E-state index is -0.839. The van der Waals surface area contributed by atoms with Crippen molar-refractivity contribution >= 4 is 0 Å². The molecule has 134 valence electrons. The van der Waals surface area contributed by atoms with Crippen molar-refractivity contribution in [1.82, 2.24) is 0 Å². The molecule has 0 rings (SSSR count). The molecule has 4 nitrogen and oxygen atoms in total. The molecule has 0 heterocycles. The molecule has 22 heavy (non-hydrogen) atoms. The van der Waals surface area contributed by atoms with E-state index in [0.717, 1.165) is 38.5 Å². The van der Waals surface area contributed by atoms with Gasteiger partial charge in [0.05, 0.1) is 11.2 Å². The zero-order valence-corrected chi connectivity index (χ0v) is 16.1.